The highest BCUT2D eigenvalue weighted by Gasteiger charge is 2.60. The Morgan fingerprint density at radius 2 is 1.76 bits per heavy atom. The molecule has 3 aromatic rings. The first-order chi connectivity index (χ1) is 15.6. The van der Waals surface area contributed by atoms with Crippen LogP contribution in [0, 0.1) is 5.41 Å². The van der Waals surface area contributed by atoms with Gasteiger partial charge >= 0.3 is 11.0 Å². The molecule has 2 N–H and O–H groups in total. The second kappa shape index (κ2) is 7.49. The Kier molecular flexibility index (Phi) is 4.94. The number of aromatic amines is 1. The summed E-state index contributed by atoms with van der Waals surface area (Å²) in [4.78, 5) is 42.5. The van der Waals surface area contributed by atoms with Crippen LogP contribution in [0.1, 0.15) is 28.3 Å². The summed E-state index contributed by atoms with van der Waals surface area (Å²) < 4.78 is 41.0. The number of thiazole rings is 1. The molecule has 0 aliphatic carbocycles. The SMILES string of the molecule is O=C1C[C@@]2(CSc3[nH]c(=O)sc3[C@H]2c2ccccc2O)C(=O)N1c1ccccc1C(F)(F)F. The molecule has 5 rings (SSSR count). The zero-order chi connectivity index (χ0) is 23.5. The van der Waals surface area contributed by atoms with Crippen LogP contribution in [0.15, 0.2) is 58.4 Å². The highest BCUT2D eigenvalue weighted by molar-refractivity contribution is 7.99. The number of fused-ring (bicyclic) bond motifs is 1. The van der Waals surface area contributed by atoms with Gasteiger partial charge < -0.3 is 10.1 Å². The minimum Gasteiger partial charge on any atom is -0.508 e. The van der Waals surface area contributed by atoms with Gasteiger partial charge in [-0.3, -0.25) is 14.4 Å². The predicted molar refractivity (Wildman–Crippen MR) is 117 cm³/mol. The fourth-order valence-electron chi connectivity index (χ4n) is 4.58. The van der Waals surface area contributed by atoms with Crippen LogP contribution in [0.5, 0.6) is 5.75 Å². The van der Waals surface area contributed by atoms with Crippen LogP contribution < -0.4 is 9.77 Å². The molecule has 2 aliphatic rings. The van der Waals surface area contributed by atoms with E-state index >= 15 is 0 Å². The Labute approximate surface area is 193 Å². The summed E-state index contributed by atoms with van der Waals surface area (Å²) in [5, 5.41) is 11.1. The standard InChI is InChI=1S/C22H15F3N2O4S2/c23-22(24,25)12-6-2-3-7-13(12)27-15(29)9-21(19(27)30)10-32-18-17(33-20(31)26-18)16(21)11-5-1-4-8-14(11)28/h1-8,16,28H,9-10H2,(H,26,31)/t16-,21+/m1/s1. The third-order valence-electron chi connectivity index (χ3n) is 5.97. The summed E-state index contributed by atoms with van der Waals surface area (Å²) in [6.07, 6.45) is -5.12. The molecule has 2 amide bonds. The van der Waals surface area contributed by atoms with E-state index in [1.807, 2.05) is 0 Å². The van der Waals surface area contributed by atoms with E-state index in [0.29, 0.717) is 20.4 Å². The van der Waals surface area contributed by atoms with E-state index in [1.165, 1.54) is 30.0 Å². The number of phenolic OH excluding ortho intramolecular Hbond substituents is 1. The molecule has 2 aliphatic heterocycles. The van der Waals surface area contributed by atoms with Crippen LogP contribution >= 0.6 is 23.1 Å². The molecule has 1 fully saturated rings. The van der Waals surface area contributed by atoms with Crippen LogP contribution in [-0.2, 0) is 15.8 Å². The summed E-state index contributed by atoms with van der Waals surface area (Å²) in [6, 6.07) is 10.7. The number of rotatable bonds is 2. The van der Waals surface area contributed by atoms with Gasteiger partial charge in [-0.25, -0.2) is 4.90 Å². The molecule has 6 nitrogen and oxygen atoms in total. The number of hydrogen-bond donors (Lipinski definition) is 2. The average Bonchev–Trinajstić information content (AvgIpc) is 3.25. The van der Waals surface area contributed by atoms with Crippen LogP contribution in [0.3, 0.4) is 0 Å². The number of imide groups is 1. The Hall–Kier alpha value is -3.05. The summed E-state index contributed by atoms with van der Waals surface area (Å²) in [5.41, 5.74) is -2.73. The van der Waals surface area contributed by atoms with Gasteiger partial charge in [-0.1, -0.05) is 41.7 Å². The quantitative estimate of drug-likeness (QED) is 0.520. The number of nitrogens with zero attached hydrogens (tertiary/aromatic N) is 1. The molecule has 2 atom stereocenters. The van der Waals surface area contributed by atoms with Crippen LogP contribution in [0.25, 0.3) is 0 Å². The van der Waals surface area contributed by atoms with Gasteiger partial charge in [0.15, 0.2) is 0 Å². The molecule has 1 spiro atoms. The predicted octanol–water partition coefficient (Wildman–Crippen LogP) is 4.35. The number of para-hydroxylation sites is 2. The lowest BCUT2D eigenvalue weighted by Crippen LogP contribution is -2.43. The van der Waals surface area contributed by atoms with Crippen LogP contribution in [-0.4, -0.2) is 27.7 Å². The van der Waals surface area contributed by atoms with Gasteiger partial charge in [0, 0.05) is 28.5 Å². The van der Waals surface area contributed by atoms with E-state index < -0.39 is 40.6 Å². The van der Waals surface area contributed by atoms with Crippen LogP contribution in [0.2, 0.25) is 0 Å². The van der Waals surface area contributed by atoms with Gasteiger partial charge in [0.05, 0.1) is 21.7 Å². The second-order valence-electron chi connectivity index (χ2n) is 7.87. The van der Waals surface area contributed by atoms with Crippen molar-refractivity contribution in [2.45, 2.75) is 23.5 Å². The maximum absolute atomic E-state index is 13.8. The van der Waals surface area contributed by atoms with Crippen molar-refractivity contribution >= 4 is 40.6 Å². The molecule has 33 heavy (non-hydrogen) atoms. The number of halogens is 3. The Morgan fingerprint density at radius 3 is 2.48 bits per heavy atom. The number of aromatic hydroxyl groups is 1. The van der Waals surface area contributed by atoms with Gasteiger partial charge in [0.1, 0.15) is 5.75 Å². The lowest BCUT2D eigenvalue weighted by Gasteiger charge is -2.38. The van der Waals surface area contributed by atoms with Gasteiger partial charge in [-0.05, 0) is 18.2 Å². The van der Waals surface area contributed by atoms with Crippen molar-refractivity contribution in [2.24, 2.45) is 5.41 Å². The fourth-order valence-corrected chi connectivity index (χ4v) is 7.13. The number of anilines is 1. The first kappa shape index (κ1) is 21.8. The zero-order valence-corrected chi connectivity index (χ0v) is 18.3. The maximum Gasteiger partial charge on any atom is 0.418 e. The fraction of sp³-hybridized carbons (Fsp3) is 0.227. The number of amides is 2. The smallest absolute Gasteiger partial charge is 0.418 e. The highest BCUT2D eigenvalue weighted by atomic mass is 32.2. The summed E-state index contributed by atoms with van der Waals surface area (Å²) >= 11 is 2.04. The van der Waals surface area contributed by atoms with Gasteiger partial charge in [0.25, 0.3) is 0 Å². The number of H-pyrrole nitrogens is 1. The van der Waals surface area contributed by atoms with Gasteiger partial charge in [0.2, 0.25) is 11.8 Å². The lowest BCUT2D eigenvalue weighted by atomic mass is 9.70. The topological polar surface area (TPSA) is 90.5 Å². The summed E-state index contributed by atoms with van der Waals surface area (Å²) in [7, 11) is 0. The molecule has 170 valence electrons. The molecule has 0 radical (unpaired) electrons. The highest BCUT2D eigenvalue weighted by Crippen LogP contribution is 2.58. The molecular weight excluding hydrogens is 477 g/mol. The molecule has 0 unspecified atom stereocenters. The molecular formula is C22H15F3N2O4S2. The first-order valence-corrected chi connectivity index (χ1v) is 11.6. The van der Waals surface area contributed by atoms with E-state index in [9.17, 15) is 32.7 Å². The van der Waals surface area contributed by atoms with E-state index in [-0.39, 0.29) is 22.8 Å². The number of phenols is 1. The molecule has 2 aromatic carbocycles. The first-order valence-electron chi connectivity index (χ1n) is 9.81. The molecule has 3 heterocycles. The average molecular weight is 493 g/mol. The van der Waals surface area contributed by atoms with Crippen molar-refractivity contribution in [1.29, 1.82) is 0 Å². The third-order valence-corrected chi connectivity index (χ3v) is 8.32. The van der Waals surface area contributed by atoms with Crippen LogP contribution in [0.4, 0.5) is 18.9 Å². The molecule has 1 saturated heterocycles. The van der Waals surface area contributed by atoms with Crippen molar-refractivity contribution in [3.63, 3.8) is 0 Å². The lowest BCUT2D eigenvalue weighted by molar-refractivity contribution is -0.137. The molecule has 1 aromatic heterocycles. The monoisotopic (exact) mass is 492 g/mol. The van der Waals surface area contributed by atoms with Gasteiger partial charge in [-0.15, -0.1) is 11.8 Å². The Morgan fingerprint density at radius 1 is 1.06 bits per heavy atom. The van der Waals surface area contributed by atoms with Crippen molar-refractivity contribution < 1.29 is 27.9 Å². The molecule has 0 saturated carbocycles. The van der Waals surface area contributed by atoms with E-state index in [1.54, 1.807) is 18.2 Å². The van der Waals surface area contributed by atoms with Crippen molar-refractivity contribution in [3.8, 4) is 5.75 Å². The normalized spacial score (nSPS) is 22.8. The number of carbonyl (C=O) groups is 2. The van der Waals surface area contributed by atoms with Crippen molar-refractivity contribution in [2.75, 3.05) is 10.7 Å². The van der Waals surface area contributed by atoms with E-state index in [4.69, 9.17) is 0 Å². The third kappa shape index (κ3) is 3.29. The minimum absolute atomic E-state index is 0.0565. The van der Waals surface area contributed by atoms with E-state index in [0.717, 1.165) is 23.5 Å². The number of alkyl halides is 3. The number of thioether (sulfide) groups is 1. The number of benzene rings is 2. The largest absolute Gasteiger partial charge is 0.508 e. The Balaban J connectivity index is 1.70. The van der Waals surface area contributed by atoms with Gasteiger partial charge in [-0.2, -0.15) is 13.2 Å². The number of carbonyl (C=O) groups excluding carboxylic acids is 2. The maximum atomic E-state index is 13.8. The van der Waals surface area contributed by atoms with Crippen molar-refractivity contribution in [3.05, 3.63) is 74.2 Å². The minimum atomic E-state index is -4.77. The Bertz CT molecular complexity index is 1350. The summed E-state index contributed by atoms with van der Waals surface area (Å²) in [5.74, 6) is -2.49. The van der Waals surface area contributed by atoms with Crippen molar-refractivity contribution in [1.82, 2.24) is 4.98 Å². The molecule has 11 heteroatoms. The van der Waals surface area contributed by atoms with E-state index in [2.05, 4.69) is 4.98 Å². The zero-order valence-electron chi connectivity index (χ0n) is 16.7. The second-order valence-corrected chi connectivity index (χ2v) is 9.87. The number of aromatic nitrogens is 1. The molecule has 0 bridgehead atoms. The summed E-state index contributed by atoms with van der Waals surface area (Å²) in [6.45, 7) is 0. The number of nitrogens with one attached hydrogen (secondary N) is 1. The number of hydrogen-bond acceptors (Lipinski definition) is 6.